The summed E-state index contributed by atoms with van der Waals surface area (Å²) in [6.45, 7) is 7.57. The molecule has 6 nitrogen and oxygen atoms in total. The third kappa shape index (κ3) is 6.41. The standard InChI is InChI=1S/C14H25N3O3S/c1-4-16-13-7-9-15-11-14(13)21(18,19)17-8-5-6-10-20-12(2)3/h7,9,11-12,17H,4-6,8,10H2,1-3H3,(H,15,16). The zero-order valence-corrected chi connectivity index (χ0v) is 13.7. The molecule has 2 N–H and O–H groups in total. The van der Waals surface area contributed by atoms with Crippen molar-refractivity contribution >= 4 is 15.7 Å². The SMILES string of the molecule is CCNc1ccncc1S(=O)(=O)NCCCCOC(C)C. The fourth-order valence-corrected chi connectivity index (χ4v) is 2.96. The van der Waals surface area contributed by atoms with Gasteiger partial charge in [-0.1, -0.05) is 0 Å². The first kappa shape index (κ1) is 17.9. The topological polar surface area (TPSA) is 80.3 Å². The molecule has 0 amide bonds. The minimum Gasteiger partial charge on any atom is -0.384 e. The maximum absolute atomic E-state index is 12.2. The van der Waals surface area contributed by atoms with E-state index in [1.165, 1.54) is 6.20 Å². The van der Waals surface area contributed by atoms with E-state index in [1.807, 2.05) is 20.8 Å². The lowest BCUT2D eigenvalue weighted by Gasteiger charge is -2.12. The lowest BCUT2D eigenvalue weighted by atomic mass is 10.3. The van der Waals surface area contributed by atoms with Crippen molar-refractivity contribution in [2.24, 2.45) is 0 Å². The molecule has 0 aliphatic carbocycles. The van der Waals surface area contributed by atoms with Crippen LogP contribution in [0.4, 0.5) is 5.69 Å². The average molecular weight is 315 g/mol. The molecule has 1 heterocycles. The smallest absolute Gasteiger partial charge is 0.244 e. The van der Waals surface area contributed by atoms with E-state index in [-0.39, 0.29) is 11.0 Å². The quantitative estimate of drug-likeness (QED) is 0.646. The minimum atomic E-state index is -3.53. The van der Waals surface area contributed by atoms with Gasteiger partial charge in [0, 0.05) is 32.1 Å². The monoisotopic (exact) mass is 315 g/mol. The Kier molecular flexibility index (Phi) is 7.63. The Hall–Kier alpha value is -1.18. The number of nitrogens with one attached hydrogen (secondary N) is 2. The summed E-state index contributed by atoms with van der Waals surface area (Å²) in [7, 11) is -3.53. The van der Waals surface area contributed by atoms with Gasteiger partial charge in [0.05, 0.1) is 11.8 Å². The van der Waals surface area contributed by atoms with Crippen molar-refractivity contribution in [3.05, 3.63) is 18.5 Å². The van der Waals surface area contributed by atoms with Crippen LogP contribution in [0.3, 0.4) is 0 Å². The van der Waals surface area contributed by atoms with Gasteiger partial charge in [0.1, 0.15) is 4.90 Å². The maximum atomic E-state index is 12.2. The van der Waals surface area contributed by atoms with E-state index < -0.39 is 10.0 Å². The van der Waals surface area contributed by atoms with Crippen molar-refractivity contribution in [2.75, 3.05) is 25.0 Å². The first-order valence-corrected chi connectivity index (χ1v) is 8.75. The fraction of sp³-hybridized carbons (Fsp3) is 0.643. The molecule has 0 saturated heterocycles. The summed E-state index contributed by atoms with van der Waals surface area (Å²) in [6, 6.07) is 1.66. The summed E-state index contributed by atoms with van der Waals surface area (Å²) in [5, 5.41) is 3.03. The second kappa shape index (κ2) is 8.96. The van der Waals surface area contributed by atoms with Crippen molar-refractivity contribution in [3.8, 4) is 0 Å². The number of sulfonamides is 1. The molecule has 0 radical (unpaired) electrons. The molecule has 1 rings (SSSR count). The van der Waals surface area contributed by atoms with Crippen LogP contribution in [-0.2, 0) is 14.8 Å². The summed E-state index contributed by atoms with van der Waals surface area (Å²) in [5.74, 6) is 0. The largest absolute Gasteiger partial charge is 0.384 e. The van der Waals surface area contributed by atoms with Crippen molar-refractivity contribution in [1.82, 2.24) is 9.71 Å². The molecule has 21 heavy (non-hydrogen) atoms. The molecule has 1 aromatic heterocycles. The van der Waals surface area contributed by atoms with Crippen molar-refractivity contribution in [3.63, 3.8) is 0 Å². The molecule has 1 aromatic rings. The van der Waals surface area contributed by atoms with Crippen LogP contribution in [-0.4, -0.2) is 39.2 Å². The average Bonchev–Trinajstić information content (AvgIpc) is 2.43. The van der Waals surface area contributed by atoms with Gasteiger partial charge in [-0.15, -0.1) is 0 Å². The minimum absolute atomic E-state index is 0.185. The van der Waals surface area contributed by atoms with Crippen LogP contribution in [0, 0.1) is 0 Å². The molecule has 0 saturated carbocycles. The van der Waals surface area contributed by atoms with Crippen LogP contribution >= 0.6 is 0 Å². The van der Waals surface area contributed by atoms with Gasteiger partial charge in [0.2, 0.25) is 10.0 Å². The van der Waals surface area contributed by atoms with E-state index in [9.17, 15) is 8.42 Å². The summed E-state index contributed by atoms with van der Waals surface area (Å²) in [4.78, 5) is 4.08. The molecule has 0 atom stereocenters. The second-order valence-electron chi connectivity index (χ2n) is 4.93. The van der Waals surface area contributed by atoms with Crippen molar-refractivity contribution in [1.29, 1.82) is 0 Å². The predicted octanol–water partition coefficient (Wildman–Crippen LogP) is 2.00. The van der Waals surface area contributed by atoms with Gasteiger partial charge in [0.15, 0.2) is 0 Å². The highest BCUT2D eigenvalue weighted by atomic mass is 32.2. The van der Waals surface area contributed by atoms with Gasteiger partial charge in [-0.3, -0.25) is 4.98 Å². The Morgan fingerprint density at radius 1 is 1.33 bits per heavy atom. The van der Waals surface area contributed by atoms with E-state index in [0.717, 1.165) is 12.8 Å². The molecular formula is C14H25N3O3S. The van der Waals surface area contributed by atoms with E-state index in [0.29, 0.717) is 25.4 Å². The van der Waals surface area contributed by atoms with Gasteiger partial charge in [-0.05, 0) is 39.7 Å². The number of anilines is 1. The van der Waals surface area contributed by atoms with Crippen molar-refractivity contribution in [2.45, 2.75) is 44.6 Å². The molecule has 0 aromatic carbocycles. The normalized spacial score (nSPS) is 11.8. The van der Waals surface area contributed by atoms with Crippen LogP contribution < -0.4 is 10.0 Å². The number of nitrogens with zero attached hydrogens (tertiary/aromatic N) is 1. The van der Waals surface area contributed by atoms with Crippen LogP contribution in [0.5, 0.6) is 0 Å². The van der Waals surface area contributed by atoms with Crippen LogP contribution in [0.25, 0.3) is 0 Å². The Morgan fingerprint density at radius 3 is 2.76 bits per heavy atom. The fourth-order valence-electron chi connectivity index (χ4n) is 1.76. The molecule has 0 spiro atoms. The molecule has 0 bridgehead atoms. The zero-order chi connectivity index (χ0) is 15.7. The molecule has 0 aliphatic heterocycles. The Balaban J connectivity index is 2.50. The second-order valence-corrected chi connectivity index (χ2v) is 6.66. The maximum Gasteiger partial charge on any atom is 0.244 e. The van der Waals surface area contributed by atoms with Gasteiger partial charge in [-0.25, -0.2) is 13.1 Å². The molecule has 0 aliphatic rings. The Morgan fingerprint density at radius 2 is 2.10 bits per heavy atom. The number of pyridine rings is 1. The van der Waals surface area contributed by atoms with Crippen LogP contribution in [0.1, 0.15) is 33.6 Å². The number of hydrogen-bond donors (Lipinski definition) is 2. The van der Waals surface area contributed by atoms with E-state index in [2.05, 4.69) is 15.0 Å². The number of rotatable bonds is 10. The van der Waals surface area contributed by atoms with E-state index in [4.69, 9.17) is 4.74 Å². The van der Waals surface area contributed by atoms with Crippen LogP contribution in [0.15, 0.2) is 23.4 Å². The van der Waals surface area contributed by atoms with Crippen molar-refractivity contribution < 1.29 is 13.2 Å². The molecule has 0 fully saturated rings. The first-order chi connectivity index (χ1) is 9.97. The van der Waals surface area contributed by atoms with Gasteiger partial charge in [0.25, 0.3) is 0 Å². The summed E-state index contributed by atoms with van der Waals surface area (Å²) >= 11 is 0. The summed E-state index contributed by atoms with van der Waals surface area (Å²) < 4.78 is 32.5. The van der Waals surface area contributed by atoms with Gasteiger partial charge in [-0.2, -0.15) is 0 Å². The Labute approximate surface area is 127 Å². The zero-order valence-electron chi connectivity index (χ0n) is 12.9. The molecule has 0 unspecified atom stereocenters. The van der Waals surface area contributed by atoms with Gasteiger partial charge < -0.3 is 10.1 Å². The predicted molar refractivity (Wildman–Crippen MR) is 83.9 cm³/mol. The lowest BCUT2D eigenvalue weighted by Crippen LogP contribution is -2.26. The Bertz CT molecular complexity index is 518. The summed E-state index contributed by atoms with van der Waals surface area (Å²) in [6.07, 6.45) is 4.71. The third-order valence-corrected chi connectivity index (χ3v) is 4.24. The highest BCUT2D eigenvalue weighted by Gasteiger charge is 2.17. The molecule has 7 heteroatoms. The van der Waals surface area contributed by atoms with E-state index >= 15 is 0 Å². The highest BCUT2D eigenvalue weighted by Crippen LogP contribution is 2.18. The summed E-state index contributed by atoms with van der Waals surface area (Å²) in [5.41, 5.74) is 0.572. The van der Waals surface area contributed by atoms with Crippen LogP contribution in [0.2, 0.25) is 0 Å². The lowest BCUT2D eigenvalue weighted by molar-refractivity contribution is 0.0762. The van der Waals surface area contributed by atoms with E-state index in [1.54, 1.807) is 12.3 Å². The number of ether oxygens (including phenoxy) is 1. The van der Waals surface area contributed by atoms with Gasteiger partial charge >= 0.3 is 0 Å². The number of hydrogen-bond acceptors (Lipinski definition) is 5. The molecular weight excluding hydrogens is 290 g/mol. The number of unbranched alkanes of at least 4 members (excludes halogenated alkanes) is 1. The number of aromatic nitrogens is 1. The highest BCUT2D eigenvalue weighted by molar-refractivity contribution is 7.89. The molecule has 120 valence electrons. The first-order valence-electron chi connectivity index (χ1n) is 7.26. The third-order valence-electron chi connectivity index (χ3n) is 2.76.